The van der Waals surface area contributed by atoms with Crippen molar-refractivity contribution in [1.29, 1.82) is 0 Å². The second-order valence-electron chi connectivity index (χ2n) is 6.60. The minimum Gasteiger partial charge on any atom is -0.457 e. The second kappa shape index (κ2) is 8.25. The fraction of sp³-hybridized carbons (Fsp3) is 0.182. The van der Waals surface area contributed by atoms with Crippen LogP contribution < -0.4 is 0 Å². The summed E-state index contributed by atoms with van der Waals surface area (Å²) in [6.07, 6.45) is 6.42. The molecule has 0 heterocycles. The largest absolute Gasteiger partial charge is 0.457 e. The van der Waals surface area contributed by atoms with Crippen molar-refractivity contribution in [1.82, 2.24) is 0 Å². The van der Waals surface area contributed by atoms with Crippen molar-refractivity contribution < 1.29 is 14.3 Å². The van der Waals surface area contributed by atoms with Crippen molar-refractivity contribution in [2.45, 2.75) is 26.4 Å². The molecule has 0 aliphatic rings. The minimum atomic E-state index is -0.510. The Morgan fingerprint density at radius 2 is 1.44 bits per heavy atom. The zero-order valence-corrected chi connectivity index (χ0v) is 14.7. The third kappa shape index (κ3) is 6.60. The molecule has 0 saturated carbocycles. The molecule has 0 aliphatic carbocycles. The number of carbonyl (C=O) groups excluding carboxylic acids is 2. The molecule has 128 valence electrons. The monoisotopic (exact) mass is 334 g/mol. The van der Waals surface area contributed by atoms with E-state index in [1.807, 2.05) is 63.2 Å². The molecule has 25 heavy (non-hydrogen) atoms. The molecule has 0 aliphatic heterocycles. The number of esters is 1. The van der Waals surface area contributed by atoms with Gasteiger partial charge in [0.15, 0.2) is 5.78 Å². The lowest BCUT2D eigenvalue weighted by atomic mass is 10.1. The fourth-order valence-electron chi connectivity index (χ4n) is 2.14. The molecule has 0 fully saturated rings. The summed E-state index contributed by atoms with van der Waals surface area (Å²) in [7, 11) is 0. The predicted octanol–water partition coefficient (Wildman–Crippen LogP) is 4.94. The minimum absolute atomic E-state index is 0.0460. The number of rotatable bonds is 5. The first kappa shape index (κ1) is 18.4. The van der Waals surface area contributed by atoms with E-state index in [0.29, 0.717) is 5.56 Å². The molecule has 2 aromatic rings. The van der Waals surface area contributed by atoms with Crippen LogP contribution in [0.25, 0.3) is 12.2 Å². The van der Waals surface area contributed by atoms with Crippen LogP contribution in [-0.4, -0.2) is 17.4 Å². The zero-order chi connectivity index (χ0) is 18.3. The van der Waals surface area contributed by atoms with E-state index >= 15 is 0 Å². The van der Waals surface area contributed by atoms with E-state index in [0.717, 1.165) is 11.1 Å². The lowest BCUT2D eigenvalue weighted by Crippen LogP contribution is -2.22. The molecule has 0 radical (unpaired) electrons. The SMILES string of the molecule is CC(C)(C)OC(=O)/C=C/c1cccc(/C=C/C(=O)c2ccccc2)c1. The Hall–Kier alpha value is -2.94. The van der Waals surface area contributed by atoms with Gasteiger partial charge >= 0.3 is 5.97 Å². The van der Waals surface area contributed by atoms with Crippen LogP contribution >= 0.6 is 0 Å². The fourth-order valence-corrected chi connectivity index (χ4v) is 2.14. The molecule has 3 nitrogen and oxygen atoms in total. The Bertz CT molecular complexity index is 794. The van der Waals surface area contributed by atoms with Gasteiger partial charge < -0.3 is 4.74 Å². The van der Waals surface area contributed by atoms with Gasteiger partial charge in [0.1, 0.15) is 5.60 Å². The average Bonchev–Trinajstić information content (AvgIpc) is 2.57. The Balaban J connectivity index is 2.05. The molecule has 0 atom stereocenters. The highest BCUT2D eigenvalue weighted by Crippen LogP contribution is 2.12. The van der Waals surface area contributed by atoms with Crippen molar-refractivity contribution in [2.24, 2.45) is 0 Å². The molecule has 0 amide bonds. The van der Waals surface area contributed by atoms with Crippen molar-refractivity contribution in [3.8, 4) is 0 Å². The summed E-state index contributed by atoms with van der Waals surface area (Å²) in [4.78, 5) is 23.8. The first-order chi connectivity index (χ1) is 11.8. The molecule has 0 saturated heterocycles. The molecular weight excluding hydrogens is 312 g/mol. The molecular formula is C22H22O3. The molecule has 2 aromatic carbocycles. The van der Waals surface area contributed by atoms with Crippen LogP contribution in [0.4, 0.5) is 0 Å². The van der Waals surface area contributed by atoms with Gasteiger partial charge in [0.2, 0.25) is 0 Å². The summed E-state index contributed by atoms with van der Waals surface area (Å²) in [5.41, 5.74) is 1.89. The Labute approximate surface area is 148 Å². The van der Waals surface area contributed by atoms with Gasteiger partial charge in [-0.15, -0.1) is 0 Å². The van der Waals surface area contributed by atoms with E-state index in [1.54, 1.807) is 30.4 Å². The maximum absolute atomic E-state index is 12.1. The second-order valence-corrected chi connectivity index (χ2v) is 6.60. The number of ether oxygens (including phenoxy) is 1. The number of ketones is 1. The summed E-state index contributed by atoms with van der Waals surface area (Å²) in [6.45, 7) is 5.48. The molecule has 0 N–H and O–H groups in total. The van der Waals surface area contributed by atoms with Crippen molar-refractivity contribution >= 4 is 23.9 Å². The van der Waals surface area contributed by atoms with Crippen LogP contribution in [0.15, 0.2) is 66.7 Å². The van der Waals surface area contributed by atoms with Crippen LogP contribution in [0.5, 0.6) is 0 Å². The maximum atomic E-state index is 12.1. The van der Waals surface area contributed by atoms with Gasteiger partial charge in [-0.05, 0) is 50.1 Å². The van der Waals surface area contributed by atoms with Gasteiger partial charge in [-0.3, -0.25) is 4.79 Å². The first-order valence-electron chi connectivity index (χ1n) is 8.12. The molecule has 0 spiro atoms. The molecule has 3 heteroatoms. The van der Waals surface area contributed by atoms with Gasteiger partial charge in [0.05, 0.1) is 0 Å². The third-order valence-corrected chi connectivity index (χ3v) is 3.21. The van der Waals surface area contributed by atoms with Crippen LogP contribution in [-0.2, 0) is 9.53 Å². The summed E-state index contributed by atoms with van der Waals surface area (Å²) in [5.74, 6) is -0.428. The number of allylic oxidation sites excluding steroid dienone is 1. The van der Waals surface area contributed by atoms with E-state index in [4.69, 9.17) is 4.74 Å². The van der Waals surface area contributed by atoms with Crippen LogP contribution in [0.3, 0.4) is 0 Å². The zero-order valence-electron chi connectivity index (χ0n) is 14.7. The smallest absolute Gasteiger partial charge is 0.331 e. The highest BCUT2D eigenvalue weighted by molar-refractivity contribution is 6.06. The topological polar surface area (TPSA) is 43.4 Å². The molecule has 0 bridgehead atoms. The van der Waals surface area contributed by atoms with Crippen molar-refractivity contribution in [3.63, 3.8) is 0 Å². The maximum Gasteiger partial charge on any atom is 0.331 e. The van der Waals surface area contributed by atoms with Gasteiger partial charge in [-0.1, -0.05) is 54.6 Å². The van der Waals surface area contributed by atoms with Gasteiger partial charge in [-0.2, -0.15) is 0 Å². The van der Waals surface area contributed by atoms with Crippen LogP contribution in [0.2, 0.25) is 0 Å². The quantitative estimate of drug-likeness (QED) is 0.442. The summed E-state index contributed by atoms with van der Waals surface area (Å²) in [5, 5.41) is 0. The van der Waals surface area contributed by atoms with E-state index in [9.17, 15) is 9.59 Å². The van der Waals surface area contributed by atoms with Gasteiger partial charge in [-0.25, -0.2) is 4.79 Å². The molecule has 2 rings (SSSR count). The normalized spacial score (nSPS) is 11.8. The van der Waals surface area contributed by atoms with Crippen molar-refractivity contribution in [2.75, 3.05) is 0 Å². The number of carbonyl (C=O) groups is 2. The van der Waals surface area contributed by atoms with Crippen LogP contribution in [0.1, 0.15) is 42.3 Å². The standard InChI is InChI=1S/C22H22O3/c1-22(2,3)25-21(24)15-13-18-9-7-8-17(16-18)12-14-20(23)19-10-5-4-6-11-19/h4-16H,1-3H3/b14-12+,15-13+. The van der Waals surface area contributed by atoms with Gasteiger partial charge in [0, 0.05) is 11.6 Å². The first-order valence-corrected chi connectivity index (χ1v) is 8.12. The van der Waals surface area contributed by atoms with E-state index in [-0.39, 0.29) is 11.8 Å². The predicted molar refractivity (Wildman–Crippen MR) is 101 cm³/mol. The summed E-state index contributed by atoms with van der Waals surface area (Å²) in [6, 6.07) is 16.7. The Morgan fingerprint density at radius 3 is 2.04 bits per heavy atom. The average molecular weight is 334 g/mol. The Kier molecular flexibility index (Phi) is 6.07. The van der Waals surface area contributed by atoms with E-state index in [1.165, 1.54) is 6.08 Å². The summed E-state index contributed by atoms with van der Waals surface area (Å²) >= 11 is 0. The highest BCUT2D eigenvalue weighted by atomic mass is 16.6. The highest BCUT2D eigenvalue weighted by Gasteiger charge is 2.13. The lowest BCUT2D eigenvalue weighted by molar-refractivity contribution is -0.148. The Morgan fingerprint density at radius 1 is 0.840 bits per heavy atom. The van der Waals surface area contributed by atoms with Gasteiger partial charge in [0.25, 0.3) is 0 Å². The number of benzene rings is 2. The molecule has 0 aromatic heterocycles. The van der Waals surface area contributed by atoms with Crippen LogP contribution in [0, 0.1) is 0 Å². The van der Waals surface area contributed by atoms with E-state index < -0.39 is 5.60 Å². The third-order valence-electron chi connectivity index (χ3n) is 3.21. The van der Waals surface area contributed by atoms with Crippen molar-refractivity contribution in [3.05, 3.63) is 83.4 Å². The van der Waals surface area contributed by atoms with E-state index in [2.05, 4.69) is 0 Å². The number of hydrogen-bond acceptors (Lipinski definition) is 3. The summed E-state index contributed by atoms with van der Waals surface area (Å²) < 4.78 is 5.23. The lowest BCUT2D eigenvalue weighted by Gasteiger charge is -2.17. The molecule has 0 unspecified atom stereocenters. The number of hydrogen-bond donors (Lipinski definition) is 0.